The summed E-state index contributed by atoms with van der Waals surface area (Å²) in [4.78, 5) is 10.9. The van der Waals surface area contributed by atoms with Crippen LogP contribution in [0.2, 0.25) is 0 Å². The van der Waals surface area contributed by atoms with Crippen LogP contribution in [-0.2, 0) is 4.79 Å². The number of hydrogen-bond donors (Lipinski definition) is 2. The van der Waals surface area contributed by atoms with Gasteiger partial charge >= 0.3 is 0 Å². The van der Waals surface area contributed by atoms with Gasteiger partial charge in [0.2, 0.25) is 5.91 Å². The highest BCUT2D eigenvalue weighted by atomic mass is 35.5. The van der Waals surface area contributed by atoms with Gasteiger partial charge in [-0.2, -0.15) is 0 Å². The van der Waals surface area contributed by atoms with Crippen LogP contribution in [0.4, 0.5) is 5.69 Å². The Kier molecular flexibility index (Phi) is 3.14. The molecule has 1 aromatic rings. The largest absolute Gasteiger partial charge is 0.380 e. The highest BCUT2D eigenvalue weighted by Crippen LogP contribution is 2.22. The van der Waals surface area contributed by atoms with Crippen molar-refractivity contribution in [1.82, 2.24) is 0 Å². The van der Waals surface area contributed by atoms with E-state index in [1.54, 1.807) is 0 Å². The van der Waals surface area contributed by atoms with E-state index >= 15 is 0 Å². The molecule has 0 radical (unpaired) electrons. The van der Waals surface area contributed by atoms with Gasteiger partial charge in [0.05, 0.1) is 0 Å². The normalized spacial score (nSPS) is 13.0. The summed E-state index contributed by atoms with van der Waals surface area (Å²) in [6.45, 7) is 0.520. The number of anilines is 1. The van der Waals surface area contributed by atoms with E-state index in [0.717, 1.165) is 11.3 Å². The van der Waals surface area contributed by atoms with Gasteiger partial charge < -0.3 is 11.1 Å². The number of primary amides is 1. The van der Waals surface area contributed by atoms with E-state index in [-0.39, 0.29) is 18.3 Å². The van der Waals surface area contributed by atoms with Crippen LogP contribution >= 0.6 is 12.4 Å². The quantitative estimate of drug-likeness (QED) is 0.736. The fourth-order valence-electron chi connectivity index (χ4n) is 1.37. The van der Waals surface area contributed by atoms with Crippen LogP contribution in [0.15, 0.2) is 29.8 Å². The first-order chi connectivity index (χ1) is 6.27. The van der Waals surface area contributed by atoms with E-state index < -0.39 is 0 Å². The molecule has 1 amide bonds. The molecule has 2 rings (SSSR count). The molecule has 0 saturated heterocycles. The highest BCUT2D eigenvalue weighted by molar-refractivity contribution is 5.99. The number of fused-ring (bicyclic) bond motifs is 1. The molecule has 1 aliphatic rings. The van der Waals surface area contributed by atoms with Crippen molar-refractivity contribution in [3.63, 3.8) is 0 Å². The lowest BCUT2D eigenvalue weighted by Crippen LogP contribution is -2.22. The van der Waals surface area contributed by atoms with Gasteiger partial charge in [-0.3, -0.25) is 4.79 Å². The summed E-state index contributed by atoms with van der Waals surface area (Å²) in [5, 5.41) is 3.12. The van der Waals surface area contributed by atoms with Crippen LogP contribution in [0.5, 0.6) is 0 Å². The molecule has 0 bridgehead atoms. The van der Waals surface area contributed by atoms with Gasteiger partial charge in [-0.1, -0.05) is 18.2 Å². The second-order valence-electron chi connectivity index (χ2n) is 2.97. The van der Waals surface area contributed by atoms with Crippen molar-refractivity contribution in [1.29, 1.82) is 0 Å². The lowest BCUT2D eigenvalue weighted by Gasteiger charge is -2.16. The van der Waals surface area contributed by atoms with Gasteiger partial charge in [-0.25, -0.2) is 0 Å². The number of hydrogen-bond acceptors (Lipinski definition) is 2. The summed E-state index contributed by atoms with van der Waals surface area (Å²) in [6, 6.07) is 7.81. The van der Waals surface area contributed by atoms with Crippen molar-refractivity contribution in [3.8, 4) is 0 Å². The number of nitrogens with two attached hydrogens (primary N) is 1. The first-order valence-corrected chi connectivity index (χ1v) is 4.10. The maximum atomic E-state index is 10.9. The maximum absolute atomic E-state index is 10.9. The van der Waals surface area contributed by atoms with E-state index in [1.165, 1.54) is 0 Å². The number of amides is 1. The monoisotopic (exact) mass is 210 g/mol. The van der Waals surface area contributed by atoms with E-state index in [2.05, 4.69) is 5.32 Å². The van der Waals surface area contributed by atoms with Crippen LogP contribution in [-0.4, -0.2) is 12.5 Å². The van der Waals surface area contributed by atoms with Crippen molar-refractivity contribution in [2.45, 2.75) is 0 Å². The number of carbonyl (C=O) groups excluding carboxylic acids is 1. The second kappa shape index (κ2) is 4.15. The Morgan fingerprint density at radius 3 is 2.79 bits per heavy atom. The molecule has 0 atom stereocenters. The van der Waals surface area contributed by atoms with Crippen molar-refractivity contribution in [2.75, 3.05) is 11.9 Å². The molecular weight excluding hydrogens is 200 g/mol. The number of carbonyl (C=O) groups is 1. The van der Waals surface area contributed by atoms with Crippen LogP contribution in [0, 0.1) is 0 Å². The Labute approximate surface area is 88.4 Å². The van der Waals surface area contributed by atoms with Crippen LogP contribution < -0.4 is 11.1 Å². The standard InChI is InChI=1S/C10H10N2O.ClH/c11-10(13)8-5-7-3-1-2-4-9(7)12-6-8;/h1-5,12H,6H2,(H2,11,13);1H. The molecular formula is C10H11ClN2O. The van der Waals surface area contributed by atoms with Crippen molar-refractivity contribution < 1.29 is 4.79 Å². The predicted octanol–water partition coefficient (Wildman–Crippen LogP) is 1.40. The average molecular weight is 211 g/mol. The number of nitrogens with one attached hydrogen (secondary N) is 1. The molecule has 4 heteroatoms. The predicted molar refractivity (Wildman–Crippen MR) is 59.4 cm³/mol. The van der Waals surface area contributed by atoms with E-state index in [9.17, 15) is 4.79 Å². The van der Waals surface area contributed by atoms with Gasteiger partial charge in [0.1, 0.15) is 0 Å². The van der Waals surface area contributed by atoms with Gasteiger partial charge in [-0.05, 0) is 17.7 Å². The summed E-state index contributed by atoms with van der Waals surface area (Å²) in [5.74, 6) is -0.359. The van der Waals surface area contributed by atoms with E-state index in [0.29, 0.717) is 12.1 Å². The molecule has 0 spiro atoms. The Balaban J connectivity index is 0.000000980. The zero-order chi connectivity index (χ0) is 9.26. The first-order valence-electron chi connectivity index (χ1n) is 4.10. The highest BCUT2D eigenvalue weighted by Gasteiger charge is 2.11. The molecule has 0 aliphatic carbocycles. The lowest BCUT2D eigenvalue weighted by molar-refractivity contribution is -0.114. The van der Waals surface area contributed by atoms with Gasteiger partial charge in [0.15, 0.2) is 0 Å². The van der Waals surface area contributed by atoms with Crippen LogP contribution in [0.1, 0.15) is 5.56 Å². The third kappa shape index (κ3) is 1.88. The molecule has 1 heterocycles. The van der Waals surface area contributed by atoms with Crippen molar-refractivity contribution >= 4 is 30.1 Å². The molecule has 0 saturated carbocycles. The Bertz CT molecular complexity index is 387. The molecule has 14 heavy (non-hydrogen) atoms. The Morgan fingerprint density at radius 1 is 1.36 bits per heavy atom. The molecule has 3 N–H and O–H groups in total. The molecule has 74 valence electrons. The fourth-order valence-corrected chi connectivity index (χ4v) is 1.37. The molecule has 3 nitrogen and oxygen atoms in total. The number of halogens is 1. The molecule has 1 aliphatic heterocycles. The maximum Gasteiger partial charge on any atom is 0.246 e. The zero-order valence-corrected chi connectivity index (χ0v) is 8.30. The first kappa shape index (κ1) is 10.6. The number of rotatable bonds is 1. The van der Waals surface area contributed by atoms with Crippen LogP contribution in [0.3, 0.4) is 0 Å². The summed E-state index contributed by atoms with van der Waals surface area (Å²) < 4.78 is 0. The smallest absolute Gasteiger partial charge is 0.246 e. The van der Waals surface area contributed by atoms with Gasteiger partial charge in [0, 0.05) is 17.8 Å². The Hall–Kier alpha value is -1.48. The van der Waals surface area contributed by atoms with E-state index in [4.69, 9.17) is 5.73 Å². The van der Waals surface area contributed by atoms with Gasteiger partial charge in [0.25, 0.3) is 0 Å². The third-order valence-electron chi connectivity index (χ3n) is 2.08. The van der Waals surface area contributed by atoms with Crippen molar-refractivity contribution in [3.05, 3.63) is 35.4 Å². The molecule has 0 aromatic heterocycles. The average Bonchev–Trinajstić information content (AvgIpc) is 2.17. The zero-order valence-electron chi connectivity index (χ0n) is 7.49. The minimum absolute atomic E-state index is 0. The number of para-hydroxylation sites is 1. The summed E-state index contributed by atoms with van der Waals surface area (Å²) in [6.07, 6.45) is 1.83. The van der Waals surface area contributed by atoms with Gasteiger partial charge in [-0.15, -0.1) is 12.4 Å². The lowest BCUT2D eigenvalue weighted by atomic mass is 10.0. The minimum atomic E-state index is -0.359. The third-order valence-corrected chi connectivity index (χ3v) is 2.08. The number of benzene rings is 1. The summed E-state index contributed by atoms with van der Waals surface area (Å²) in [5.41, 5.74) is 7.87. The molecule has 1 aromatic carbocycles. The second-order valence-corrected chi connectivity index (χ2v) is 2.97. The van der Waals surface area contributed by atoms with Crippen LogP contribution in [0.25, 0.3) is 6.08 Å². The summed E-state index contributed by atoms with van der Waals surface area (Å²) in [7, 11) is 0. The molecule has 0 unspecified atom stereocenters. The summed E-state index contributed by atoms with van der Waals surface area (Å²) >= 11 is 0. The fraction of sp³-hybridized carbons (Fsp3) is 0.100. The van der Waals surface area contributed by atoms with E-state index in [1.807, 2.05) is 30.3 Å². The topological polar surface area (TPSA) is 55.1 Å². The Morgan fingerprint density at radius 2 is 2.07 bits per heavy atom. The minimum Gasteiger partial charge on any atom is -0.380 e. The molecule has 0 fully saturated rings. The van der Waals surface area contributed by atoms with Crippen molar-refractivity contribution in [2.24, 2.45) is 5.73 Å². The SMILES string of the molecule is Cl.NC(=O)C1=Cc2ccccc2NC1.